The molecular formula is C23H21NO4. The van der Waals surface area contributed by atoms with Crippen molar-refractivity contribution < 1.29 is 19.1 Å². The summed E-state index contributed by atoms with van der Waals surface area (Å²) in [6, 6.07) is 13.9. The number of anilines is 1. The van der Waals surface area contributed by atoms with Crippen molar-refractivity contribution in [2.75, 3.05) is 4.90 Å². The lowest BCUT2D eigenvalue weighted by Crippen LogP contribution is -2.33. The summed E-state index contributed by atoms with van der Waals surface area (Å²) in [7, 11) is 0. The number of fused-ring (bicyclic) bond motifs is 5. The maximum Gasteiger partial charge on any atom is 0.343 e. The molecule has 2 aromatic rings. The molecule has 2 bridgehead atoms. The van der Waals surface area contributed by atoms with E-state index in [0.29, 0.717) is 23.1 Å². The number of hydrogen-bond acceptors (Lipinski definition) is 4. The molecule has 1 aliphatic heterocycles. The lowest BCUT2D eigenvalue weighted by molar-refractivity contribution is -0.123. The maximum absolute atomic E-state index is 13.1. The second-order valence-electron chi connectivity index (χ2n) is 8.12. The molecule has 2 saturated carbocycles. The number of amides is 2. The fourth-order valence-corrected chi connectivity index (χ4v) is 5.22. The topological polar surface area (TPSA) is 63.7 Å². The first-order valence-electron chi connectivity index (χ1n) is 9.80. The van der Waals surface area contributed by atoms with Gasteiger partial charge in [0.25, 0.3) is 0 Å². The molecule has 28 heavy (non-hydrogen) atoms. The fraction of sp³-hybridized carbons (Fsp3) is 0.348. The van der Waals surface area contributed by atoms with E-state index in [-0.39, 0.29) is 29.4 Å². The van der Waals surface area contributed by atoms with Gasteiger partial charge in [0.15, 0.2) is 5.75 Å². The Morgan fingerprint density at radius 3 is 2.18 bits per heavy atom. The molecule has 0 aromatic heterocycles. The van der Waals surface area contributed by atoms with E-state index >= 15 is 0 Å². The van der Waals surface area contributed by atoms with Crippen LogP contribution >= 0.6 is 0 Å². The molecular weight excluding hydrogens is 354 g/mol. The van der Waals surface area contributed by atoms with Crippen molar-refractivity contribution in [3.8, 4) is 5.75 Å². The van der Waals surface area contributed by atoms with Crippen molar-refractivity contribution in [2.45, 2.75) is 26.2 Å². The number of benzene rings is 2. The van der Waals surface area contributed by atoms with Gasteiger partial charge in [-0.05, 0) is 62.3 Å². The van der Waals surface area contributed by atoms with E-state index in [1.807, 2.05) is 19.1 Å². The molecule has 2 amide bonds. The Bertz CT molecular complexity index is 952. The van der Waals surface area contributed by atoms with Crippen LogP contribution in [0.4, 0.5) is 5.69 Å². The van der Waals surface area contributed by atoms with Crippen LogP contribution in [0.15, 0.2) is 48.5 Å². The molecule has 0 N–H and O–H groups in total. The predicted octanol–water partition coefficient (Wildman–Crippen LogP) is 3.75. The van der Waals surface area contributed by atoms with Crippen LogP contribution in [0.25, 0.3) is 0 Å². The van der Waals surface area contributed by atoms with E-state index in [9.17, 15) is 14.4 Å². The Morgan fingerprint density at radius 1 is 0.929 bits per heavy atom. The number of ether oxygens (including phenoxy) is 1. The van der Waals surface area contributed by atoms with Gasteiger partial charge in [-0.25, -0.2) is 9.69 Å². The largest absolute Gasteiger partial charge is 0.421 e. The normalized spacial score (nSPS) is 28.0. The van der Waals surface area contributed by atoms with Crippen molar-refractivity contribution in [3.63, 3.8) is 0 Å². The summed E-state index contributed by atoms with van der Waals surface area (Å²) >= 11 is 0. The predicted molar refractivity (Wildman–Crippen MR) is 103 cm³/mol. The van der Waals surface area contributed by atoms with Crippen LogP contribution in [0, 0.1) is 30.6 Å². The van der Waals surface area contributed by atoms with Crippen LogP contribution in [0.1, 0.15) is 35.2 Å². The highest BCUT2D eigenvalue weighted by molar-refractivity contribution is 6.23. The molecule has 5 heteroatoms. The second-order valence-corrected chi connectivity index (χ2v) is 8.12. The Hall–Kier alpha value is -2.95. The molecule has 1 heterocycles. The van der Waals surface area contributed by atoms with E-state index in [0.717, 1.165) is 24.8 Å². The van der Waals surface area contributed by atoms with Crippen molar-refractivity contribution in [3.05, 3.63) is 59.7 Å². The number of carbonyl (C=O) groups excluding carboxylic acids is 3. The number of carbonyl (C=O) groups is 3. The number of aryl methyl sites for hydroxylation is 1. The minimum atomic E-state index is -0.508. The van der Waals surface area contributed by atoms with E-state index in [2.05, 4.69) is 0 Å². The number of nitrogens with zero attached hydrogens (tertiary/aromatic N) is 1. The van der Waals surface area contributed by atoms with E-state index in [4.69, 9.17) is 4.74 Å². The third-order valence-corrected chi connectivity index (χ3v) is 6.52. The zero-order valence-electron chi connectivity index (χ0n) is 15.6. The zero-order chi connectivity index (χ0) is 19.4. The van der Waals surface area contributed by atoms with Gasteiger partial charge in [-0.1, -0.05) is 29.8 Å². The van der Waals surface area contributed by atoms with Gasteiger partial charge in [-0.2, -0.15) is 0 Å². The summed E-state index contributed by atoms with van der Waals surface area (Å²) in [5, 5.41) is 0. The van der Waals surface area contributed by atoms with Crippen LogP contribution in [-0.2, 0) is 9.59 Å². The molecule has 0 unspecified atom stereocenters. The molecule has 1 saturated heterocycles. The smallest absolute Gasteiger partial charge is 0.343 e. The monoisotopic (exact) mass is 375 g/mol. The quantitative estimate of drug-likeness (QED) is 0.466. The van der Waals surface area contributed by atoms with Crippen molar-refractivity contribution in [1.29, 1.82) is 0 Å². The summed E-state index contributed by atoms with van der Waals surface area (Å²) in [5.74, 6) is -0.312. The summed E-state index contributed by atoms with van der Waals surface area (Å²) in [6.07, 6.45) is 3.05. The van der Waals surface area contributed by atoms with Gasteiger partial charge in [0.2, 0.25) is 11.8 Å². The molecule has 0 radical (unpaired) electrons. The summed E-state index contributed by atoms with van der Waals surface area (Å²) < 4.78 is 5.59. The summed E-state index contributed by atoms with van der Waals surface area (Å²) in [4.78, 5) is 40.0. The summed E-state index contributed by atoms with van der Waals surface area (Å²) in [6.45, 7) is 1.94. The molecule has 2 aromatic carbocycles. The molecule has 5 nitrogen and oxygen atoms in total. The Morgan fingerprint density at radius 2 is 1.54 bits per heavy atom. The molecule has 2 aliphatic carbocycles. The van der Waals surface area contributed by atoms with Crippen molar-refractivity contribution >= 4 is 23.5 Å². The first kappa shape index (κ1) is 17.2. The molecule has 3 fully saturated rings. The van der Waals surface area contributed by atoms with E-state index in [1.54, 1.807) is 36.4 Å². The molecule has 5 rings (SSSR count). The highest BCUT2D eigenvalue weighted by Crippen LogP contribution is 2.57. The third kappa shape index (κ3) is 2.49. The third-order valence-electron chi connectivity index (χ3n) is 6.52. The standard InChI is InChI=1S/C23H21NO4/c1-13-6-8-14(9-7-13)23(27)28-18-5-3-2-4-17(18)24-21(25)19-15-10-11-16(12-15)20(19)22(24)26/h2-9,15-16,19-20H,10-12H2,1H3/t15-,16-,19+,20+/m0/s1. The lowest BCUT2D eigenvalue weighted by atomic mass is 9.81. The minimum absolute atomic E-state index is 0.138. The number of hydrogen-bond donors (Lipinski definition) is 0. The first-order chi connectivity index (χ1) is 13.5. The zero-order valence-corrected chi connectivity index (χ0v) is 15.6. The average molecular weight is 375 g/mol. The molecule has 0 spiro atoms. The van der Waals surface area contributed by atoms with Crippen LogP contribution in [-0.4, -0.2) is 17.8 Å². The van der Waals surface area contributed by atoms with E-state index in [1.165, 1.54) is 4.90 Å². The SMILES string of the molecule is Cc1ccc(C(=O)Oc2ccccc2N2C(=O)[C@@H]3[C@H]4CC[C@@H](C4)[C@H]3C2=O)cc1. The van der Waals surface area contributed by atoms with Gasteiger partial charge in [0.05, 0.1) is 23.1 Å². The first-order valence-corrected chi connectivity index (χ1v) is 9.80. The minimum Gasteiger partial charge on any atom is -0.421 e. The number of rotatable bonds is 3. The van der Waals surface area contributed by atoms with Gasteiger partial charge in [-0.3, -0.25) is 9.59 Å². The van der Waals surface area contributed by atoms with Crippen molar-refractivity contribution in [1.82, 2.24) is 0 Å². The van der Waals surface area contributed by atoms with Gasteiger partial charge >= 0.3 is 5.97 Å². The maximum atomic E-state index is 13.1. The van der Waals surface area contributed by atoms with Gasteiger partial charge in [-0.15, -0.1) is 0 Å². The van der Waals surface area contributed by atoms with Crippen LogP contribution in [0.2, 0.25) is 0 Å². The fourth-order valence-electron chi connectivity index (χ4n) is 5.22. The summed E-state index contributed by atoms with van der Waals surface area (Å²) in [5.41, 5.74) is 1.84. The van der Waals surface area contributed by atoms with Gasteiger partial charge in [0.1, 0.15) is 0 Å². The molecule has 3 aliphatic rings. The highest BCUT2D eigenvalue weighted by atomic mass is 16.5. The van der Waals surface area contributed by atoms with Crippen LogP contribution in [0.5, 0.6) is 5.75 Å². The van der Waals surface area contributed by atoms with Crippen molar-refractivity contribution in [2.24, 2.45) is 23.7 Å². The van der Waals surface area contributed by atoms with E-state index < -0.39 is 5.97 Å². The van der Waals surface area contributed by atoms with Crippen LogP contribution in [0.3, 0.4) is 0 Å². The lowest BCUT2D eigenvalue weighted by Gasteiger charge is -2.20. The van der Waals surface area contributed by atoms with Crippen LogP contribution < -0.4 is 9.64 Å². The number of para-hydroxylation sites is 2. The number of imide groups is 1. The second kappa shape index (κ2) is 6.30. The van der Waals surface area contributed by atoms with Gasteiger partial charge in [0, 0.05) is 0 Å². The number of esters is 1. The molecule has 4 atom stereocenters. The average Bonchev–Trinajstić information content (AvgIpc) is 3.37. The Kier molecular flexibility index (Phi) is 3.86. The van der Waals surface area contributed by atoms with Gasteiger partial charge < -0.3 is 4.74 Å². The molecule has 142 valence electrons. The highest BCUT2D eigenvalue weighted by Gasteiger charge is 2.61. The Balaban J connectivity index is 1.46. The Labute approximate surface area is 163 Å².